The lowest BCUT2D eigenvalue weighted by Gasteiger charge is -2.26. The zero-order chi connectivity index (χ0) is 14.5. The Morgan fingerprint density at radius 3 is 2.53 bits per heavy atom. The fourth-order valence-electron chi connectivity index (χ4n) is 2.07. The molecule has 0 atom stereocenters. The summed E-state index contributed by atoms with van der Waals surface area (Å²) in [7, 11) is 4.25. The molecule has 1 aromatic rings. The highest BCUT2D eigenvalue weighted by Gasteiger charge is 2.21. The number of hydrogen-bond donors (Lipinski definition) is 3. The lowest BCUT2D eigenvalue weighted by atomic mass is 9.93. The normalized spacial score (nSPS) is 11.5. The van der Waals surface area contributed by atoms with E-state index in [0.29, 0.717) is 10.8 Å². The van der Waals surface area contributed by atoms with Crippen LogP contribution in [0.3, 0.4) is 0 Å². The Morgan fingerprint density at radius 2 is 1.95 bits per heavy atom. The van der Waals surface area contributed by atoms with E-state index in [9.17, 15) is 4.39 Å². The van der Waals surface area contributed by atoms with E-state index in [4.69, 9.17) is 12.2 Å². The van der Waals surface area contributed by atoms with Crippen LogP contribution in [0.5, 0.6) is 0 Å². The summed E-state index contributed by atoms with van der Waals surface area (Å²) in [6.07, 6.45) is 0. The summed E-state index contributed by atoms with van der Waals surface area (Å²) in [5.74, 6) is -0.302. The van der Waals surface area contributed by atoms with Crippen molar-refractivity contribution in [2.75, 3.05) is 32.5 Å². The molecule has 0 spiro atoms. The second-order valence-corrected chi connectivity index (χ2v) is 6.24. The molecule has 0 bridgehead atoms. The topological polar surface area (TPSA) is 28.5 Å². The van der Waals surface area contributed by atoms with Crippen LogP contribution in [-0.4, -0.2) is 32.3 Å². The van der Waals surface area contributed by atoms with Crippen molar-refractivity contribution in [3.63, 3.8) is 0 Å². The number of nitrogens with one attached hydrogen (secondary N) is 3. The van der Waals surface area contributed by atoms with E-state index in [0.717, 1.165) is 13.1 Å². The molecule has 3 nitrogen and oxygen atoms in total. The van der Waals surface area contributed by atoms with Gasteiger partial charge in [-0.05, 0) is 24.4 Å². The van der Waals surface area contributed by atoms with Crippen LogP contribution in [0.15, 0.2) is 24.3 Å². The quantitative estimate of drug-likeness (QED) is 0.712. The van der Waals surface area contributed by atoms with E-state index in [-0.39, 0.29) is 11.2 Å². The Labute approximate surface area is 120 Å². The van der Waals surface area contributed by atoms with Crippen molar-refractivity contribution < 1.29 is 9.29 Å². The van der Waals surface area contributed by atoms with Crippen molar-refractivity contribution in [2.24, 2.45) is 5.41 Å². The molecule has 0 aliphatic heterocycles. The molecule has 0 unspecified atom stereocenters. The summed E-state index contributed by atoms with van der Waals surface area (Å²) in [6, 6.07) is 6.50. The zero-order valence-corrected chi connectivity index (χ0v) is 12.8. The molecule has 0 aliphatic carbocycles. The summed E-state index contributed by atoms with van der Waals surface area (Å²) in [6.45, 7) is 6.14. The Bertz CT molecular complexity index is 432. The summed E-state index contributed by atoms with van der Waals surface area (Å²) < 4.78 is 13.4. The number of thiocarbonyl (C=S) groups is 1. The Balaban J connectivity index is 2.46. The average Bonchev–Trinajstić information content (AvgIpc) is 2.28. The van der Waals surface area contributed by atoms with E-state index in [2.05, 4.69) is 38.6 Å². The lowest BCUT2D eigenvalue weighted by Crippen LogP contribution is -3.07. The van der Waals surface area contributed by atoms with Crippen molar-refractivity contribution in [1.29, 1.82) is 0 Å². The molecule has 0 saturated heterocycles. The van der Waals surface area contributed by atoms with Crippen molar-refractivity contribution in [1.82, 2.24) is 5.32 Å². The third-order valence-electron chi connectivity index (χ3n) is 2.68. The number of benzene rings is 1. The van der Waals surface area contributed by atoms with Gasteiger partial charge in [-0.2, -0.15) is 0 Å². The highest BCUT2D eigenvalue weighted by molar-refractivity contribution is 7.80. The molecular weight excluding hydrogens is 261 g/mol. The summed E-state index contributed by atoms with van der Waals surface area (Å²) in [5, 5.41) is 6.47. The average molecular weight is 284 g/mol. The van der Waals surface area contributed by atoms with E-state index >= 15 is 0 Å². The van der Waals surface area contributed by atoms with Gasteiger partial charge in [-0.3, -0.25) is 0 Å². The standard InChI is InChI=1S/C14H22FN3S/c1-14(2,10-18(3)4)9-16-13(19)17-12-8-6-5-7-11(12)15/h5-8H,9-10H2,1-4H3,(H2,16,17,19)/p+1. The zero-order valence-electron chi connectivity index (χ0n) is 12.0. The van der Waals surface area contributed by atoms with Gasteiger partial charge in [-0.15, -0.1) is 0 Å². The third kappa shape index (κ3) is 5.98. The van der Waals surface area contributed by atoms with Gasteiger partial charge in [-0.25, -0.2) is 4.39 Å². The van der Waals surface area contributed by atoms with Gasteiger partial charge in [0.1, 0.15) is 5.82 Å². The van der Waals surface area contributed by atoms with Crippen molar-refractivity contribution in [3.05, 3.63) is 30.1 Å². The van der Waals surface area contributed by atoms with Crippen LogP contribution in [0, 0.1) is 11.2 Å². The maximum atomic E-state index is 13.4. The monoisotopic (exact) mass is 284 g/mol. The first-order chi connectivity index (χ1) is 8.80. The third-order valence-corrected chi connectivity index (χ3v) is 2.93. The summed E-state index contributed by atoms with van der Waals surface area (Å²) >= 11 is 5.18. The number of rotatable bonds is 5. The minimum Gasteiger partial charge on any atom is -0.362 e. The second-order valence-electron chi connectivity index (χ2n) is 5.84. The van der Waals surface area contributed by atoms with Gasteiger partial charge >= 0.3 is 0 Å². The molecule has 3 N–H and O–H groups in total. The van der Waals surface area contributed by atoms with Gasteiger partial charge in [0, 0.05) is 12.0 Å². The second kappa shape index (κ2) is 6.82. The molecule has 1 aromatic carbocycles. The molecule has 0 saturated carbocycles. The summed E-state index contributed by atoms with van der Waals surface area (Å²) in [4.78, 5) is 1.39. The maximum absolute atomic E-state index is 13.4. The minimum atomic E-state index is -0.302. The fourth-order valence-corrected chi connectivity index (χ4v) is 2.25. The molecule has 5 heteroatoms. The molecule has 0 aliphatic rings. The van der Waals surface area contributed by atoms with Crippen LogP contribution in [0.2, 0.25) is 0 Å². The highest BCUT2D eigenvalue weighted by Crippen LogP contribution is 2.13. The van der Waals surface area contributed by atoms with Gasteiger partial charge in [0.2, 0.25) is 0 Å². The number of hydrogen-bond acceptors (Lipinski definition) is 1. The molecule has 0 aromatic heterocycles. The Morgan fingerprint density at radius 1 is 1.32 bits per heavy atom. The van der Waals surface area contributed by atoms with Gasteiger partial charge in [0.25, 0.3) is 0 Å². The van der Waals surface area contributed by atoms with Crippen LogP contribution >= 0.6 is 12.2 Å². The molecular formula is C14H23FN3S+. The maximum Gasteiger partial charge on any atom is 0.170 e. The first-order valence-corrected chi connectivity index (χ1v) is 6.79. The van der Waals surface area contributed by atoms with Gasteiger partial charge < -0.3 is 15.5 Å². The van der Waals surface area contributed by atoms with Gasteiger partial charge in [0.05, 0.1) is 26.3 Å². The molecule has 0 fully saturated rings. The smallest absolute Gasteiger partial charge is 0.170 e. The van der Waals surface area contributed by atoms with Crippen LogP contribution in [0.4, 0.5) is 10.1 Å². The molecule has 0 radical (unpaired) electrons. The summed E-state index contributed by atoms with van der Waals surface area (Å²) in [5.41, 5.74) is 0.524. The first kappa shape index (κ1) is 15.9. The SMILES string of the molecule is C[NH+](C)CC(C)(C)CNC(=S)Nc1ccccc1F. The fraction of sp³-hybridized carbons (Fsp3) is 0.500. The van der Waals surface area contributed by atoms with E-state index < -0.39 is 0 Å². The van der Waals surface area contributed by atoms with Crippen molar-refractivity contribution >= 4 is 23.0 Å². The van der Waals surface area contributed by atoms with Gasteiger partial charge in [0.15, 0.2) is 5.11 Å². The predicted octanol–water partition coefficient (Wildman–Crippen LogP) is 1.28. The molecule has 1 rings (SSSR count). The van der Waals surface area contributed by atoms with Crippen LogP contribution in [-0.2, 0) is 0 Å². The number of para-hydroxylation sites is 1. The van der Waals surface area contributed by atoms with Gasteiger partial charge in [-0.1, -0.05) is 26.0 Å². The Kier molecular flexibility index (Phi) is 5.69. The van der Waals surface area contributed by atoms with Crippen molar-refractivity contribution in [3.8, 4) is 0 Å². The van der Waals surface area contributed by atoms with E-state index in [1.165, 1.54) is 11.0 Å². The minimum absolute atomic E-state index is 0.125. The van der Waals surface area contributed by atoms with E-state index in [1.807, 2.05) is 0 Å². The lowest BCUT2D eigenvalue weighted by molar-refractivity contribution is -0.865. The Hall–Kier alpha value is -1.20. The highest BCUT2D eigenvalue weighted by atomic mass is 32.1. The predicted molar refractivity (Wildman–Crippen MR) is 82.1 cm³/mol. The van der Waals surface area contributed by atoms with Crippen LogP contribution in [0.1, 0.15) is 13.8 Å². The first-order valence-electron chi connectivity index (χ1n) is 6.38. The van der Waals surface area contributed by atoms with Crippen LogP contribution < -0.4 is 15.5 Å². The largest absolute Gasteiger partial charge is 0.362 e. The van der Waals surface area contributed by atoms with E-state index in [1.54, 1.807) is 18.2 Å². The van der Waals surface area contributed by atoms with Crippen molar-refractivity contribution in [2.45, 2.75) is 13.8 Å². The number of anilines is 1. The van der Waals surface area contributed by atoms with Crippen LogP contribution in [0.25, 0.3) is 0 Å². The number of halogens is 1. The molecule has 0 amide bonds. The number of quaternary nitrogens is 1. The molecule has 106 valence electrons. The molecule has 19 heavy (non-hydrogen) atoms. The molecule has 0 heterocycles.